The van der Waals surface area contributed by atoms with Crippen molar-refractivity contribution in [1.82, 2.24) is 25.2 Å². The number of fused-ring (bicyclic) bond motifs is 1. The fourth-order valence-corrected chi connectivity index (χ4v) is 2.58. The number of rotatable bonds is 6. The number of guanidine groups is 1. The predicted octanol–water partition coefficient (Wildman–Crippen LogP) is 1.74. The average molecular weight is 338 g/mol. The molecule has 2 aromatic heterocycles. The van der Waals surface area contributed by atoms with Crippen LogP contribution in [0.5, 0.6) is 0 Å². The molecule has 0 amide bonds. The lowest BCUT2D eigenvalue weighted by atomic mass is 10.1. The molecule has 1 aromatic carbocycles. The molecule has 0 bridgehead atoms. The minimum atomic E-state index is 0.536. The lowest BCUT2D eigenvalue weighted by Gasteiger charge is -2.12. The maximum absolute atomic E-state index is 5.17. The summed E-state index contributed by atoms with van der Waals surface area (Å²) in [7, 11) is 3.45. The predicted molar refractivity (Wildman–Crippen MR) is 97.2 cm³/mol. The molecule has 0 aliphatic carbocycles. The maximum atomic E-state index is 5.17. The highest BCUT2D eigenvalue weighted by Crippen LogP contribution is 2.06. The summed E-state index contributed by atoms with van der Waals surface area (Å²) in [6.07, 6.45) is 1.95. The summed E-state index contributed by atoms with van der Waals surface area (Å²) in [4.78, 5) is 4.25. The quantitative estimate of drug-likeness (QED) is 0.529. The zero-order valence-electron chi connectivity index (χ0n) is 14.4. The smallest absolute Gasteiger partial charge is 0.191 e. The number of hydrogen-bond acceptors (Lipinski definition) is 4. The van der Waals surface area contributed by atoms with E-state index in [-0.39, 0.29) is 0 Å². The van der Waals surface area contributed by atoms with Crippen LogP contribution in [0.15, 0.2) is 53.7 Å². The molecule has 0 unspecified atom stereocenters. The Morgan fingerprint density at radius 2 is 1.92 bits per heavy atom. The summed E-state index contributed by atoms with van der Waals surface area (Å²) in [5.41, 5.74) is 3.15. The number of nitrogens with one attached hydrogen (secondary N) is 2. The van der Waals surface area contributed by atoms with Crippen LogP contribution in [0, 0.1) is 0 Å². The summed E-state index contributed by atoms with van der Waals surface area (Å²) in [5.74, 6) is 1.55. The molecular formula is C18H22N6O. The van der Waals surface area contributed by atoms with Crippen LogP contribution in [0.1, 0.15) is 17.0 Å². The van der Waals surface area contributed by atoms with E-state index in [0.29, 0.717) is 25.7 Å². The minimum Gasteiger partial charge on any atom is -0.380 e. The van der Waals surface area contributed by atoms with Crippen molar-refractivity contribution in [3.05, 3.63) is 65.6 Å². The van der Waals surface area contributed by atoms with Gasteiger partial charge in [-0.2, -0.15) is 0 Å². The van der Waals surface area contributed by atoms with Gasteiger partial charge in [-0.05, 0) is 23.3 Å². The molecule has 0 atom stereocenters. The third-order valence-corrected chi connectivity index (χ3v) is 3.78. The van der Waals surface area contributed by atoms with Crippen molar-refractivity contribution in [1.29, 1.82) is 0 Å². The molecule has 3 rings (SSSR count). The monoisotopic (exact) mass is 338 g/mol. The molecule has 7 nitrogen and oxygen atoms in total. The Morgan fingerprint density at radius 1 is 1.08 bits per heavy atom. The van der Waals surface area contributed by atoms with Crippen LogP contribution in [0.25, 0.3) is 5.65 Å². The molecule has 0 aliphatic heterocycles. The Labute approximate surface area is 146 Å². The first-order valence-electron chi connectivity index (χ1n) is 8.10. The summed E-state index contributed by atoms with van der Waals surface area (Å²) in [6.45, 7) is 1.83. The SMILES string of the molecule is CN=C(NCc1cccc(COC)c1)NCc1nnc2ccccn12. The largest absolute Gasteiger partial charge is 0.380 e. The van der Waals surface area contributed by atoms with Crippen molar-refractivity contribution in [2.45, 2.75) is 19.7 Å². The molecule has 0 saturated heterocycles. The first-order chi connectivity index (χ1) is 12.3. The molecule has 3 aromatic rings. The van der Waals surface area contributed by atoms with E-state index in [1.54, 1.807) is 14.2 Å². The van der Waals surface area contributed by atoms with Crippen LogP contribution in [0.4, 0.5) is 0 Å². The number of aromatic nitrogens is 3. The van der Waals surface area contributed by atoms with E-state index >= 15 is 0 Å². The van der Waals surface area contributed by atoms with Crippen LogP contribution in [-0.4, -0.2) is 34.7 Å². The minimum absolute atomic E-state index is 0.536. The van der Waals surface area contributed by atoms with Crippen molar-refractivity contribution in [2.75, 3.05) is 14.2 Å². The molecule has 2 N–H and O–H groups in total. The van der Waals surface area contributed by atoms with E-state index in [4.69, 9.17) is 4.74 Å². The van der Waals surface area contributed by atoms with Crippen LogP contribution in [0.3, 0.4) is 0 Å². The molecule has 0 radical (unpaired) electrons. The summed E-state index contributed by atoms with van der Waals surface area (Å²) in [6, 6.07) is 14.1. The first-order valence-corrected chi connectivity index (χ1v) is 8.10. The van der Waals surface area contributed by atoms with Gasteiger partial charge in [0.05, 0.1) is 13.2 Å². The van der Waals surface area contributed by atoms with E-state index in [0.717, 1.165) is 17.0 Å². The van der Waals surface area contributed by atoms with Gasteiger partial charge in [0, 0.05) is 26.9 Å². The van der Waals surface area contributed by atoms with E-state index in [2.05, 4.69) is 44.0 Å². The van der Waals surface area contributed by atoms with Crippen molar-refractivity contribution < 1.29 is 4.74 Å². The third kappa shape index (κ3) is 4.33. The molecule has 0 aliphatic rings. The lowest BCUT2D eigenvalue weighted by molar-refractivity contribution is 0.185. The molecule has 0 fully saturated rings. The Morgan fingerprint density at radius 3 is 2.76 bits per heavy atom. The Bertz CT molecular complexity index is 857. The van der Waals surface area contributed by atoms with Gasteiger partial charge in [-0.3, -0.25) is 9.39 Å². The molecule has 0 saturated carbocycles. The van der Waals surface area contributed by atoms with Gasteiger partial charge in [0.2, 0.25) is 0 Å². The number of ether oxygens (including phenoxy) is 1. The van der Waals surface area contributed by atoms with Crippen LogP contribution in [0.2, 0.25) is 0 Å². The zero-order chi connectivity index (χ0) is 17.5. The topological polar surface area (TPSA) is 75.8 Å². The lowest BCUT2D eigenvalue weighted by Crippen LogP contribution is -2.36. The third-order valence-electron chi connectivity index (χ3n) is 3.78. The fraction of sp³-hybridized carbons (Fsp3) is 0.278. The number of benzene rings is 1. The highest BCUT2D eigenvalue weighted by molar-refractivity contribution is 5.79. The van der Waals surface area contributed by atoms with Gasteiger partial charge in [-0.15, -0.1) is 10.2 Å². The van der Waals surface area contributed by atoms with E-state index < -0.39 is 0 Å². The summed E-state index contributed by atoms with van der Waals surface area (Å²) in [5, 5.41) is 14.9. The number of pyridine rings is 1. The number of aliphatic imine (C=N–C) groups is 1. The number of methoxy groups -OCH3 is 1. The highest BCUT2D eigenvalue weighted by Gasteiger charge is 2.05. The zero-order valence-corrected chi connectivity index (χ0v) is 14.4. The Balaban J connectivity index is 1.57. The van der Waals surface area contributed by atoms with Crippen LogP contribution in [-0.2, 0) is 24.4 Å². The number of nitrogens with zero attached hydrogens (tertiary/aromatic N) is 4. The highest BCUT2D eigenvalue weighted by atomic mass is 16.5. The molecular weight excluding hydrogens is 316 g/mol. The van der Waals surface area contributed by atoms with Gasteiger partial charge >= 0.3 is 0 Å². The van der Waals surface area contributed by atoms with E-state index in [1.165, 1.54) is 5.56 Å². The van der Waals surface area contributed by atoms with Gasteiger partial charge in [-0.25, -0.2) is 0 Å². The van der Waals surface area contributed by atoms with Crippen LogP contribution < -0.4 is 10.6 Å². The van der Waals surface area contributed by atoms with Crippen molar-refractivity contribution in [3.8, 4) is 0 Å². The second-order valence-electron chi connectivity index (χ2n) is 5.58. The Kier molecular flexibility index (Phi) is 5.58. The Hall–Kier alpha value is -2.93. The van der Waals surface area contributed by atoms with Crippen molar-refractivity contribution in [2.24, 2.45) is 4.99 Å². The van der Waals surface area contributed by atoms with Gasteiger partial charge in [-0.1, -0.05) is 30.3 Å². The molecule has 25 heavy (non-hydrogen) atoms. The average Bonchev–Trinajstić information content (AvgIpc) is 3.06. The van der Waals surface area contributed by atoms with E-state index in [9.17, 15) is 0 Å². The van der Waals surface area contributed by atoms with Crippen molar-refractivity contribution >= 4 is 11.6 Å². The standard InChI is InChI=1S/C18H22N6O/c1-19-18(20-11-14-6-5-7-15(10-14)13-25-2)21-12-17-23-22-16-8-3-4-9-24(16)17/h3-10H,11-13H2,1-2H3,(H2,19,20,21). The number of hydrogen-bond donors (Lipinski definition) is 2. The van der Waals surface area contributed by atoms with Gasteiger partial charge in [0.1, 0.15) is 0 Å². The second-order valence-corrected chi connectivity index (χ2v) is 5.58. The molecule has 130 valence electrons. The van der Waals surface area contributed by atoms with Crippen LogP contribution >= 0.6 is 0 Å². The second kappa shape index (κ2) is 8.25. The fourth-order valence-electron chi connectivity index (χ4n) is 2.58. The first kappa shape index (κ1) is 16.9. The normalized spacial score (nSPS) is 11.7. The van der Waals surface area contributed by atoms with Gasteiger partial charge in [0.15, 0.2) is 17.4 Å². The molecule has 0 spiro atoms. The van der Waals surface area contributed by atoms with Gasteiger partial charge < -0.3 is 15.4 Å². The van der Waals surface area contributed by atoms with Gasteiger partial charge in [0.25, 0.3) is 0 Å². The summed E-state index contributed by atoms with van der Waals surface area (Å²) >= 11 is 0. The summed E-state index contributed by atoms with van der Waals surface area (Å²) < 4.78 is 7.13. The van der Waals surface area contributed by atoms with E-state index in [1.807, 2.05) is 34.9 Å². The van der Waals surface area contributed by atoms with Crippen molar-refractivity contribution in [3.63, 3.8) is 0 Å². The molecule has 2 heterocycles. The maximum Gasteiger partial charge on any atom is 0.191 e. The molecule has 7 heteroatoms.